The van der Waals surface area contributed by atoms with Crippen LogP contribution in [0.4, 0.5) is 20.2 Å². The maximum Gasteiger partial charge on any atom is 0.146 e. The number of allylic oxidation sites excluding steroid dienone is 1. The quantitative estimate of drug-likeness (QED) is 0.247. The maximum atomic E-state index is 13.8. The molecule has 1 aliphatic rings. The van der Waals surface area contributed by atoms with Crippen molar-refractivity contribution in [1.29, 1.82) is 5.26 Å². The summed E-state index contributed by atoms with van der Waals surface area (Å²) in [5, 5.41) is 16.9. The lowest BCUT2D eigenvalue weighted by Crippen LogP contribution is -1.90. The molecule has 0 heterocycles. The van der Waals surface area contributed by atoms with Crippen LogP contribution in [0.5, 0.6) is 0 Å². The standard InChI is InChI=1S/C31H27F2N3/c1-3-5-7-22-15-25-11-9-21(14-26(25)16-22)8-10-23-12-13-27(17-24(23)6-4-2)35-36-28-18-30(32)29(20-34)31(33)19-28/h9,11-14,16-19H,3-7,15H2,1-2H3. The first-order chi connectivity index (χ1) is 17.5. The molecule has 0 saturated heterocycles. The Morgan fingerprint density at radius 1 is 0.861 bits per heavy atom. The van der Waals surface area contributed by atoms with Gasteiger partial charge in [0.1, 0.15) is 23.3 Å². The van der Waals surface area contributed by atoms with E-state index in [0.717, 1.165) is 54.5 Å². The van der Waals surface area contributed by atoms with Crippen LogP contribution in [0.25, 0.3) is 6.08 Å². The lowest BCUT2D eigenvalue weighted by molar-refractivity contribution is 0.577. The Labute approximate surface area is 211 Å². The second-order valence-electron chi connectivity index (χ2n) is 8.93. The van der Waals surface area contributed by atoms with Crippen molar-refractivity contribution >= 4 is 17.5 Å². The van der Waals surface area contributed by atoms with Crippen molar-refractivity contribution in [2.45, 2.75) is 52.4 Å². The van der Waals surface area contributed by atoms with Gasteiger partial charge in [-0.15, -0.1) is 0 Å². The normalized spacial score (nSPS) is 12.1. The summed E-state index contributed by atoms with van der Waals surface area (Å²) in [6.07, 6.45) is 8.70. The number of nitrogens with zero attached hydrogens (tertiary/aromatic N) is 3. The van der Waals surface area contributed by atoms with E-state index in [1.54, 1.807) is 6.07 Å². The molecule has 0 aromatic heterocycles. The number of nitriles is 1. The molecule has 0 bridgehead atoms. The van der Waals surface area contributed by atoms with Crippen LogP contribution in [-0.2, 0) is 12.8 Å². The third kappa shape index (κ3) is 5.93. The van der Waals surface area contributed by atoms with E-state index in [2.05, 4.69) is 60.2 Å². The zero-order valence-corrected chi connectivity index (χ0v) is 20.5. The van der Waals surface area contributed by atoms with Gasteiger partial charge in [-0.2, -0.15) is 15.5 Å². The van der Waals surface area contributed by atoms with Crippen LogP contribution in [0.2, 0.25) is 0 Å². The zero-order valence-electron chi connectivity index (χ0n) is 20.5. The van der Waals surface area contributed by atoms with Crippen LogP contribution in [0.3, 0.4) is 0 Å². The van der Waals surface area contributed by atoms with Crippen molar-refractivity contribution in [2.24, 2.45) is 10.2 Å². The highest BCUT2D eigenvalue weighted by Crippen LogP contribution is 2.29. The molecule has 0 spiro atoms. The third-order valence-corrected chi connectivity index (χ3v) is 6.14. The van der Waals surface area contributed by atoms with Gasteiger partial charge in [0.15, 0.2) is 0 Å². The highest BCUT2D eigenvalue weighted by Gasteiger charge is 2.13. The molecule has 0 N–H and O–H groups in total. The zero-order chi connectivity index (χ0) is 25.5. The maximum absolute atomic E-state index is 13.8. The fourth-order valence-electron chi connectivity index (χ4n) is 4.27. The molecule has 0 fully saturated rings. The van der Waals surface area contributed by atoms with Crippen LogP contribution >= 0.6 is 0 Å². The molecule has 0 atom stereocenters. The van der Waals surface area contributed by atoms with E-state index in [1.807, 2.05) is 12.1 Å². The highest BCUT2D eigenvalue weighted by atomic mass is 19.1. The molecular weight excluding hydrogens is 452 g/mol. The van der Waals surface area contributed by atoms with E-state index in [0.29, 0.717) is 5.69 Å². The van der Waals surface area contributed by atoms with E-state index < -0.39 is 17.2 Å². The van der Waals surface area contributed by atoms with Gasteiger partial charge in [0.05, 0.1) is 11.4 Å². The number of aryl methyl sites for hydroxylation is 1. The summed E-state index contributed by atoms with van der Waals surface area (Å²) >= 11 is 0. The third-order valence-electron chi connectivity index (χ3n) is 6.14. The lowest BCUT2D eigenvalue weighted by Gasteiger charge is -2.05. The average molecular weight is 480 g/mol. The number of fused-ring (bicyclic) bond motifs is 1. The van der Waals surface area contributed by atoms with Crippen LogP contribution in [0.1, 0.15) is 72.9 Å². The fraction of sp³-hybridized carbons (Fsp3) is 0.258. The van der Waals surface area contributed by atoms with Crippen molar-refractivity contribution in [2.75, 3.05) is 0 Å². The predicted molar refractivity (Wildman–Crippen MR) is 139 cm³/mol. The van der Waals surface area contributed by atoms with Gasteiger partial charge in [0.2, 0.25) is 0 Å². The van der Waals surface area contributed by atoms with E-state index in [4.69, 9.17) is 5.26 Å². The second-order valence-corrected chi connectivity index (χ2v) is 8.93. The molecule has 1 aliphatic carbocycles. The average Bonchev–Trinajstić information content (AvgIpc) is 3.28. The van der Waals surface area contributed by atoms with E-state index in [9.17, 15) is 8.78 Å². The topological polar surface area (TPSA) is 48.5 Å². The monoisotopic (exact) mass is 479 g/mol. The minimum atomic E-state index is -0.956. The molecule has 3 nitrogen and oxygen atoms in total. The predicted octanol–water partition coefficient (Wildman–Crippen LogP) is 8.73. The van der Waals surface area contributed by atoms with Gasteiger partial charge in [0, 0.05) is 23.3 Å². The summed E-state index contributed by atoms with van der Waals surface area (Å²) in [6.45, 7) is 4.31. The molecule has 0 aliphatic heterocycles. The smallest absolute Gasteiger partial charge is 0.146 e. The molecule has 3 aromatic rings. The van der Waals surface area contributed by atoms with Crippen molar-refractivity contribution in [1.82, 2.24) is 0 Å². The van der Waals surface area contributed by atoms with E-state index in [1.165, 1.54) is 35.6 Å². The largest absolute Gasteiger partial charge is 0.205 e. The number of hydrogen-bond acceptors (Lipinski definition) is 3. The van der Waals surface area contributed by atoms with Crippen molar-refractivity contribution in [3.05, 3.63) is 99.1 Å². The van der Waals surface area contributed by atoms with Crippen LogP contribution in [-0.4, -0.2) is 0 Å². The lowest BCUT2D eigenvalue weighted by atomic mass is 10.0. The minimum absolute atomic E-state index is 0.00780. The van der Waals surface area contributed by atoms with Crippen LogP contribution in [0, 0.1) is 34.8 Å². The number of halogens is 2. The molecule has 0 saturated carbocycles. The highest BCUT2D eigenvalue weighted by molar-refractivity contribution is 5.66. The van der Waals surface area contributed by atoms with Crippen LogP contribution in [0.15, 0.2) is 64.3 Å². The molecule has 0 radical (unpaired) electrons. The molecule has 5 heteroatoms. The summed E-state index contributed by atoms with van der Waals surface area (Å²) in [4.78, 5) is 0. The molecule has 180 valence electrons. The molecule has 3 aromatic carbocycles. The van der Waals surface area contributed by atoms with E-state index in [-0.39, 0.29) is 5.69 Å². The Morgan fingerprint density at radius 2 is 1.64 bits per heavy atom. The summed E-state index contributed by atoms with van der Waals surface area (Å²) in [7, 11) is 0. The number of rotatable bonds is 7. The van der Waals surface area contributed by atoms with Gasteiger partial charge in [-0.3, -0.25) is 0 Å². The Bertz CT molecular complexity index is 1430. The van der Waals surface area contributed by atoms with Gasteiger partial charge >= 0.3 is 0 Å². The van der Waals surface area contributed by atoms with Crippen molar-refractivity contribution < 1.29 is 8.78 Å². The first-order valence-electron chi connectivity index (χ1n) is 12.3. The molecule has 0 unspecified atom stereocenters. The molecule has 0 amide bonds. The van der Waals surface area contributed by atoms with Crippen molar-refractivity contribution in [3.8, 4) is 17.9 Å². The number of benzene rings is 3. The molecule has 4 rings (SSSR count). The van der Waals surface area contributed by atoms with Gasteiger partial charge in [-0.05, 0) is 72.7 Å². The molecule has 36 heavy (non-hydrogen) atoms. The Morgan fingerprint density at radius 3 is 2.36 bits per heavy atom. The fourth-order valence-corrected chi connectivity index (χ4v) is 4.27. The van der Waals surface area contributed by atoms with Gasteiger partial charge in [-0.25, -0.2) is 8.78 Å². The second kappa shape index (κ2) is 11.6. The minimum Gasteiger partial charge on any atom is -0.205 e. The van der Waals surface area contributed by atoms with Crippen molar-refractivity contribution in [3.63, 3.8) is 0 Å². The summed E-state index contributed by atoms with van der Waals surface area (Å²) in [5.74, 6) is 4.70. The Balaban J connectivity index is 1.55. The van der Waals surface area contributed by atoms with Crippen LogP contribution < -0.4 is 0 Å². The van der Waals surface area contributed by atoms with Gasteiger partial charge in [0.25, 0.3) is 0 Å². The number of unbranched alkanes of at least 4 members (excludes halogenated alkanes) is 1. The summed E-state index contributed by atoms with van der Waals surface area (Å²) < 4.78 is 27.7. The SMILES string of the molecule is CCCCC1=Cc2cc(C#Cc3ccc(N=Nc4cc(F)c(C#N)c(F)c4)cc3CCC)ccc2C1. The van der Waals surface area contributed by atoms with Gasteiger partial charge in [-0.1, -0.05) is 56.2 Å². The first-order valence-corrected chi connectivity index (χ1v) is 12.3. The first kappa shape index (κ1) is 25.0. The number of azo groups is 1. The Kier molecular flexibility index (Phi) is 8.03. The summed E-state index contributed by atoms with van der Waals surface area (Å²) in [6, 6.07) is 15.5. The summed E-state index contributed by atoms with van der Waals surface area (Å²) in [5.41, 5.74) is 7.04. The Hall–Kier alpha value is -4.09. The van der Waals surface area contributed by atoms with E-state index >= 15 is 0 Å². The molecular formula is C31H27F2N3. The number of hydrogen-bond donors (Lipinski definition) is 0. The van der Waals surface area contributed by atoms with Gasteiger partial charge < -0.3 is 0 Å².